The number of hydrogen-bond donors (Lipinski definition) is 2. The summed E-state index contributed by atoms with van der Waals surface area (Å²) < 4.78 is 27.1. The van der Waals surface area contributed by atoms with Gasteiger partial charge in [0.25, 0.3) is 0 Å². The molecule has 0 aliphatic heterocycles. The Labute approximate surface area is 120 Å². The summed E-state index contributed by atoms with van der Waals surface area (Å²) in [5, 5.41) is 0. The lowest BCUT2D eigenvalue weighted by molar-refractivity contribution is 0.437. The topological polar surface area (TPSA) is 72.2 Å². The zero-order chi connectivity index (χ0) is 14.6. The van der Waals surface area contributed by atoms with Gasteiger partial charge in [0.1, 0.15) is 4.99 Å². The molecule has 0 heterocycles. The van der Waals surface area contributed by atoms with Crippen molar-refractivity contribution in [2.24, 2.45) is 11.7 Å². The van der Waals surface area contributed by atoms with Gasteiger partial charge < -0.3 is 5.73 Å². The summed E-state index contributed by atoms with van der Waals surface area (Å²) in [6.45, 7) is 5.95. The minimum atomic E-state index is -3.49. The van der Waals surface area contributed by atoms with Gasteiger partial charge in [-0.2, -0.15) is 0 Å². The van der Waals surface area contributed by atoms with E-state index in [1.165, 1.54) is 12.1 Å². The Hall–Kier alpha value is -0.980. The van der Waals surface area contributed by atoms with Crippen molar-refractivity contribution in [3.8, 4) is 0 Å². The van der Waals surface area contributed by atoms with Gasteiger partial charge in [-0.05, 0) is 24.5 Å². The maximum atomic E-state index is 12.2. The number of nitrogens with two attached hydrogens (primary N) is 1. The molecule has 1 aromatic rings. The molecule has 0 aliphatic rings. The minimum absolute atomic E-state index is 0.0692. The van der Waals surface area contributed by atoms with Crippen LogP contribution in [0.1, 0.15) is 32.8 Å². The molecule has 0 aliphatic carbocycles. The molecule has 1 rings (SSSR count). The van der Waals surface area contributed by atoms with E-state index in [0.717, 1.165) is 6.42 Å². The Morgan fingerprint density at radius 1 is 1.32 bits per heavy atom. The molecule has 0 amide bonds. The zero-order valence-corrected chi connectivity index (χ0v) is 13.0. The fourth-order valence-corrected chi connectivity index (χ4v) is 3.36. The standard InChI is InChI=1S/C13H20N2O2S2/c1-4-12(9(2)3)15-19(16,17)11-7-5-10(6-8-11)13(14)18/h5-9,12,15H,4H2,1-3H3,(H2,14,18). The maximum absolute atomic E-state index is 12.2. The Bertz CT molecular complexity index is 536. The molecule has 19 heavy (non-hydrogen) atoms. The predicted octanol–water partition coefficient (Wildman–Crippen LogP) is 2.03. The van der Waals surface area contributed by atoms with Crippen LogP contribution in [0.15, 0.2) is 29.2 Å². The molecule has 0 saturated carbocycles. The van der Waals surface area contributed by atoms with Crippen molar-refractivity contribution < 1.29 is 8.42 Å². The first-order valence-electron chi connectivity index (χ1n) is 6.20. The third-order valence-electron chi connectivity index (χ3n) is 3.00. The SMILES string of the molecule is CCC(NS(=O)(=O)c1ccc(C(N)=S)cc1)C(C)C. The molecule has 1 atom stereocenters. The van der Waals surface area contributed by atoms with Gasteiger partial charge in [0.15, 0.2) is 0 Å². The number of sulfonamides is 1. The van der Waals surface area contributed by atoms with Gasteiger partial charge in [0.2, 0.25) is 10.0 Å². The van der Waals surface area contributed by atoms with Crippen molar-refractivity contribution in [2.75, 3.05) is 0 Å². The lowest BCUT2D eigenvalue weighted by Gasteiger charge is -2.20. The molecule has 3 N–H and O–H groups in total. The third-order valence-corrected chi connectivity index (χ3v) is 4.74. The van der Waals surface area contributed by atoms with E-state index in [-0.39, 0.29) is 21.8 Å². The maximum Gasteiger partial charge on any atom is 0.240 e. The number of nitrogens with one attached hydrogen (secondary N) is 1. The highest BCUT2D eigenvalue weighted by Gasteiger charge is 2.21. The highest BCUT2D eigenvalue weighted by Crippen LogP contribution is 2.14. The van der Waals surface area contributed by atoms with Crippen molar-refractivity contribution >= 4 is 27.2 Å². The summed E-state index contributed by atoms with van der Waals surface area (Å²) in [6.07, 6.45) is 0.752. The van der Waals surface area contributed by atoms with Crippen molar-refractivity contribution in [3.63, 3.8) is 0 Å². The Morgan fingerprint density at radius 3 is 2.21 bits per heavy atom. The van der Waals surface area contributed by atoms with Crippen LogP contribution in [0.3, 0.4) is 0 Å². The van der Waals surface area contributed by atoms with Gasteiger partial charge >= 0.3 is 0 Å². The molecule has 0 bridgehead atoms. The molecule has 6 heteroatoms. The monoisotopic (exact) mass is 300 g/mol. The summed E-state index contributed by atoms with van der Waals surface area (Å²) in [4.78, 5) is 0.483. The Balaban J connectivity index is 2.97. The summed E-state index contributed by atoms with van der Waals surface area (Å²) in [6, 6.07) is 6.20. The van der Waals surface area contributed by atoms with E-state index in [1.807, 2.05) is 20.8 Å². The molecule has 0 fully saturated rings. The molecule has 1 unspecified atom stereocenters. The molecular formula is C13H20N2O2S2. The van der Waals surface area contributed by atoms with Crippen LogP contribution in [0.25, 0.3) is 0 Å². The second kappa shape index (κ2) is 6.45. The van der Waals surface area contributed by atoms with Crippen LogP contribution in [0.2, 0.25) is 0 Å². The first-order chi connectivity index (χ1) is 8.77. The number of benzene rings is 1. The summed E-state index contributed by atoms with van der Waals surface area (Å²) in [5.74, 6) is 0.246. The van der Waals surface area contributed by atoms with Crippen molar-refractivity contribution in [1.29, 1.82) is 0 Å². The fraction of sp³-hybridized carbons (Fsp3) is 0.462. The van der Waals surface area contributed by atoms with Gasteiger partial charge in [-0.25, -0.2) is 13.1 Å². The second-order valence-electron chi connectivity index (χ2n) is 4.77. The van der Waals surface area contributed by atoms with E-state index in [1.54, 1.807) is 12.1 Å². The first kappa shape index (κ1) is 16.1. The van der Waals surface area contributed by atoms with Gasteiger partial charge in [0.05, 0.1) is 4.90 Å². The first-order valence-corrected chi connectivity index (χ1v) is 8.09. The van der Waals surface area contributed by atoms with E-state index in [0.29, 0.717) is 5.56 Å². The lowest BCUT2D eigenvalue weighted by atomic mass is 10.0. The lowest BCUT2D eigenvalue weighted by Crippen LogP contribution is -2.37. The molecule has 1 aromatic carbocycles. The predicted molar refractivity (Wildman–Crippen MR) is 81.6 cm³/mol. The summed E-state index contributed by atoms with van der Waals surface area (Å²) in [5.41, 5.74) is 6.14. The van der Waals surface area contributed by atoms with Crippen LogP contribution in [0.5, 0.6) is 0 Å². The van der Waals surface area contributed by atoms with Crippen LogP contribution in [0.4, 0.5) is 0 Å². The molecule has 0 saturated heterocycles. The molecular weight excluding hydrogens is 280 g/mol. The molecule has 0 aromatic heterocycles. The molecule has 0 spiro atoms. The normalized spacial score (nSPS) is 13.5. The van der Waals surface area contributed by atoms with E-state index < -0.39 is 10.0 Å². The number of hydrogen-bond acceptors (Lipinski definition) is 3. The Kier molecular flexibility index (Phi) is 5.46. The fourth-order valence-electron chi connectivity index (χ4n) is 1.76. The molecule has 106 valence electrons. The minimum Gasteiger partial charge on any atom is -0.389 e. The largest absolute Gasteiger partial charge is 0.389 e. The third kappa shape index (κ3) is 4.26. The average Bonchev–Trinajstić information content (AvgIpc) is 2.35. The summed E-state index contributed by atoms with van der Waals surface area (Å²) in [7, 11) is -3.49. The highest BCUT2D eigenvalue weighted by molar-refractivity contribution is 7.89. The van der Waals surface area contributed by atoms with Crippen LogP contribution in [-0.4, -0.2) is 19.4 Å². The van der Waals surface area contributed by atoms with Gasteiger partial charge in [-0.15, -0.1) is 0 Å². The smallest absolute Gasteiger partial charge is 0.240 e. The van der Waals surface area contributed by atoms with Gasteiger partial charge in [-0.3, -0.25) is 0 Å². The second-order valence-corrected chi connectivity index (χ2v) is 6.92. The van der Waals surface area contributed by atoms with Crippen LogP contribution in [0, 0.1) is 5.92 Å². The van der Waals surface area contributed by atoms with Gasteiger partial charge in [-0.1, -0.05) is 45.1 Å². The van der Waals surface area contributed by atoms with E-state index in [2.05, 4.69) is 4.72 Å². The molecule has 4 nitrogen and oxygen atoms in total. The number of thiocarbonyl (C=S) groups is 1. The van der Waals surface area contributed by atoms with E-state index in [4.69, 9.17) is 18.0 Å². The van der Waals surface area contributed by atoms with E-state index >= 15 is 0 Å². The van der Waals surface area contributed by atoms with Gasteiger partial charge in [0, 0.05) is 11.6 Å². The van der Waals surface area contributed by atoms with Crippen molar-refractivity contribution in [1.82, 2.24) is 4.72 Å². The van der Waals surface area contributed by atoms with Crippen molar-refractivity contribution in [3.05, 3.63) is 29.8 Å². The zero-order valence-electron chi connectivity index (χ0n) is 11.4. The Morgan fingerprint density at radius 2 is 1.84 bits per heavy atom. The van der Waals surface area contributed by atoms with Crippen LogP contribution >= 0.6 is 12.2 Å². The quantitative estimate of drug-likeness (QED) is 0.789. The average molecular weight is 300 g/mol. The summed E-state index contributed by atoms with van der Waals surface area (Å²) >= 11 is 4.83. The highest BCUT2D eigenvalue weighted by atomic mass is 32.2. The number of rotatable bonds is 6. The van der Waals surface area contributed by atoms with Crippen LogP contribution < -0.4 is 10.5 Å². The van der Waals surface area contributed by atoms with Crippen LogP contribution in [-0.2, 0) is 10.0 Å². The van der Waals surface area contributed by atoms with E-state index in [9.17, 15) is 8.42 Å². The van der Waals surface area contributed by atoms with Crippen molar-refractivity contribution in [2.45, 2.75) is 38.1 Å². The molecule has 0 radical (unpaired) electrons.